The fourth-order valence-electron chi connectivity index (χ4n) is 3.31. The predicted octanol–water partition coefficient (Wildman–Crippen LogP) is 3.14. The Bertz CT molecular complexity index is 827. The number of aromatic nitrogens is 3. The molecule has 0 amide bonds. The van der Waals surface area contributed by atoms with E-state index in [4.69, 9.17) is 0 Å². The Morgan fingerprint density at radius 2 is 2.00 bits per heavy atom. The summed E-state index contributed by atoms with van der Waals surface area (Å²) in [5.41, 5.74) is 2.48. The maximum Gasteiger partial charge on any atom is 0.238 e. The number of aromatic hydroxyl groups is 1. The van der Waals surface area contributed by atoms with Crippen LogP contribution in [0.4, 0.5) is 11.8 Å². The highest BCUT2D eigenvalue weighted by Crippen LogP contribution is 2.32. The Hall–Kier alpha value is -2.09. The second-order valence-corrected chi connectivity index (χ2v) is 6.36. The van der Waals surface area contributed by atoms with Crippen LogP contribution in [0.2, 0.25) is 0 Å². The molecule has 1 saturated heterocycles. The first-order chi connectivity index (χ1) is 12.2. The molecule has 0 aromatic carbocycles. The molecule has 9 heteroatoms. The van der Waals surface area contributed by atoms with Crippen molar-refractivity contribution in [1.29, 1.82) is 0 Å². The first-order valence-corrected chi connectivity index (χ1v) is 8.72. The number of nitrogens with zero attached hydrogens (tertiary/aromatic N) is 5. The molecule has 0 radical (unpaired) electrons. The van der Waals surface area contributed by atoms with E-state index in [-0.39, 0.29) is 30.7 Å². The minimum absolute atomic E-state index is 0. The van der Waals surface area contributed by atoms with Crippen molar-refractivity contribution in [2.24, 2.45) is 4.99 Å². The number of piperazine rings is 1. The average molecular weight is 411 g/mol. The number of hydrogen-bond donors (Lipinski definition) is 2. The first kappa shape index (κ1) is 21.2. The van der Waals surface area contributed by atoms with Gasteiger partial charge in [-0.05, 0) is 31.2 Å². The summed E-state index contributed by atoms with van der Waals surface area (Å²) in [6.45, 7) is 7.22. The predicted molar refractivity (Wildman–Crippen MR) is 114 cm³/mol. The number of aliphatic imine (C=N–C) groups is 1. The lowest BCUT2D eigenvalue weighted by Gasteiger charge is -2.34. The third-order valence-electron chi connectivity index (χ3n) is 4.63. The third kappa shape index (κ3) is 4.43. The molecule has 0 spiro atoms. The third-order valence-corrected chi connectivity index (χ3v) is 4.63. The van der Waals surface area contributed by atoms with Gasteiger partial charge in [-0.15, -0.1) is 24.8 Å². The Morgan fingerprint density at radius 1 is 1.22 bits per heavy atom. The molecule has 0 unspecified atom stereocenters. The van der Waals surface area contributed by atoms with E-state index in [0.717, 1.165) is 49.8 Å². The lowest BCUT2D eigenvalue weighted by molar-refractivity contribution is 0.257. The van der Waals surface area contributed by atoms with Gasteiger partial charge < -0.3 is 15.0 Å². The topological polar surface area (TPSA) is 80.6 Å². The lowest BCUT2D eigenvalue weighted by Crippen LogP contribution is -2.46. The number of imidazole rings is 1. The zero-order valence-corrected chi connectivity index (χ0v) is 16.8. The number of nitrogens with one attached hydrogen (secondary N) is 1. The summed E-state index contributed by atoms with van der Waals surface area (Å²) in [7, 11) is 0. The largest absolute Gasteiger partial charge is 0.492 e. The van der Waals surface area contributed by atoms with Crippen LogP contribution in [0.5, 0.6) is 5.88 Å². The summed E-state index contributed by atoms with van der Waals surface area (Å²) in [6, 6.07) is 3.86. The van der Waals surface area contributed by atoms with Crippen molar-refractivity contribution in [3.63, 3.8) is 0 Å². The number of halogens is 2. The van der Waals surface area contributed by atoms with Crippen LogP contribution >= 0.6 is 24.8 Å². The highest BCUT2D eigenvalue weighted by molar-refractivity contribution is 6.20. The van der Waals surface area contributed by atoms with Crippen molar-refractivity contribution >= 4 is 54.4 Å². The van der Waals surface area contributed by atoms with E-state index in [1.807, 2.05) is 18.2 Å². The van der Waals surface area contributed by atoms with E-state index in [1.54, 1.807) is 12.4 Å². The number of rotatable bonds is 4. The molecule has 2 aliphatic rings. The van der Waals surface area contributed by atoms with Gasteiger partial charge >= 0.3 is 0 Å². The zero-order chi connectivity index (χ0) is 17.2. The van der Waals surface area contributed by atoms with Crippen LogP contribution in [-0.4, -0.2) is 63.9 Å². The number of fused-ring (bicyclic) bond motifs is 1. The normalized spacial score (nSPS) is 17.5. The molecular formula is C18H24Cl2N6O. The van der Waals surface area contributed by atoms with Crippen LogP contribution in [-0.2, 0) is 0 Å². The monoisotopic (exact) mass is 410 g/mol. The van der Waals surface area contributed by atoms with Gasteiger partial charge in [0.15, 0.2) is 5.82 Å². The van der Waals surface area contributed by atoms with Gasteiger partial charge in [-0.2, -0.15) is 4.98 Å². The fourth-order valence-corrected chi connectivity index (χ4v) is 3.31. The molecular weight excluding hydrogens is 387 g/mol. The Balaban J connectivity index is 0.00000131. The van der Waals surface area contributed by atoms with E-state index in [2.05, 4.69) is 36.7 Å². The second-order valence-electron chi connectivity index (χ2n) is 6.36. The Kier molecular flexibility index (Phi) is 7.24. The molecule has 1 fully saturated rings. The Morgan fingerprint density at radius 3 is 2.74 bits per heavy atom. The van der Waals surface area contributed by atoms with Gasteiger partial charge in [0.05, 0.1) is 0 Å². The van der Waals surface area contributed by atoms with E-state index < -0.39 is 0 Å². The summed E-state index contributed by atoms with van der Waals surface area (Å²) < 4.78 is 0. The molecule has 4 heterocycles. The van der Waals surface area contributed by atoms with Crippen molar-refractivity contribution in [3.8, 4) is 5.88 Å². The summed E-state index contributed by atoms with van der Waals surface area (Å²) in [6.07, 6.45) is 6.54. The second kappa shape index (κ2) is 9.21. The van der Waals surface area contributed by atoms with E-state index in [0.29, 0.717) is 11.5 Å². The quantitative estimate of drug-likeness (QED) is 0.808. The van der Waals surface area contributed by atoms with Crippen LogP contribution < -0.4 is 4.90 Å². The van der Waals surface area contributed by atoms with Crippen LogP contribution in [0, 0.1) is 0 Å². The van der Waals surface area contributed by atoms with Crippen molar-refractivity contribution in [3.05, 3.63) is 29.6 Å². The number of anilines is 1. The van der Waals surface area contributed by atoms with Crippen LogP contribution in [0.15, 0.2) is 23.3 Å². The molecule has 0 saturated carbocycles. The maximum atomic E-state index is 10.2. The zero-order valence-electron chi connectivity index (χ0n) is 15.1. The van der Waals surface area contributed by atoms with E-state index in [1.165, 1.54) is 6.42 Å². The van der Waals surface area contributed by atoms with Gasteiger partial charge in [-0.3, -0.25) is 4.90 Å². The molecule has 4 rings (SSSR count). The molecule has 7 nitrogen and oxygen atoms in total. The van der Waals surface area contributed by atoms with Gasteiger partial charge in [0.1, 0.15) is 5.69 Å². The average Bonchev–Trinajstić information content (AvgIpc) is 3.21. The molecule has 0 bridgehead atoms. The molecule has 0 aliphatic carbocycles. The summed E-state index contributed by atoms with van der Waals surface area (Å²) >= 11 is 0. The smallest absolute Gasteiger partial charge is 0.238 e. The van der Waals surface area contributed by atoms with Gasteiger partial charge in [-0.1, -0.05) is 6.92 Å². The van der Waals surface area contributed by atoms with E-state index in [9.17, 15) is 5.11 Å². The van der Waals surface area contributed by atoms with Gasteiger partial charge in [0.25, 0.3) is 0 Å². The molecule has 2 aliphatic heterocycles. The van der Waals surface area contributed by atoms with Gasteiger partial charge in [-0.25, -0.2) is 9.98 Å². The minimum Gasteiger partial charge on any atom is -0.492 e. The summed E-state index contributed by atoms with van der Waals surface area (Å²) in [5, 5.41) is 10.2. The van der Waals surface area contributed by atoms with Crippen molar-refractivity contribution in [1.82, 2.24) is 19.9 Å². The van der Waals surface area contributed by atoms with Crippen molar-refractivity contribution in [2.45, 2.75) is 13.3 Å². The molecule has 27 heavy (non-hydrogen) atoms. The van der Waals surface area contributed by atoms with Gasteiger partial charge in [0, 0.05) is 49.7 Å². The van der Waals surface area contributed by atoms with Gasteiger partial charge in [0.2, 0.25) is 11.8 Å². The first-order valence-electron chi connectivity index (χ1n) is 8.72. The standard InChI is InChI=1S/C18H22N6O.2ClH/c1-2-6-23-7-9-24(10-8-23)18-21-15(17(25)22-18)11-13-12-20-16-14(13)4-3-5-19-16;;/h3-5,11-12,25H,2,6-10H2,1H3,(H,21,22);2*1H. The number of aromatic amines is 1. The summed E-state index contributed by atoms with van der Waals surface area (Å²) in [5.74, 6) is 1.45. The van der Waals surface area contributed by atoms with Crippen molar-refractivity contribution < 1.29 is 5.11 Å². The fraction of sp³-hybridized carbons (Fsp3) is 0.389. The summed E-state index contributed by atoms with van der Waals surface area (Å²) in [4.78, 5) is 20.7. The van der Waals surface area contributed by atoms with Crippen LogP contribution in [0.25, 0.3) is 11.6 Å². The van der Waals surface area contributed by atoms with Crippen molar-refractivity contribution in [2.75, 3.05) is 37.6 Å². The molecule has 2 N–H and O–H groups in total. The highest BCUT2D eigenvalue weighted by Gasteiger charge is 2.21. The number of pyridine rings is 1. The minimum atomic E-state index is 0. The molecule has 2 aromatic rings. The Labute approximate surface area is 171 Å². The number of allylic oxidation sites excluding steroid dienone is 1. The number of hydrogen-bond acceptors (Lipinski definition) is 6. The number of H-pyrrole nitrogens is 1. The molecule has 0 atom stereocenters. The van der Waals surface area contributed by atoms with Crippen LogP contribution in [0.3, 0.4) is 0 Å². The van der Waals surface area contributed by atoms with Crippen LogP contribution in [0.1, 0.15) is 24.6 Å². The maximum absolute atomic E-state index is 10.2. The lowest BCUT2D eigenvalue weighted by atomic mass is 10.1. The SMILES string of the molecule is CCCN1CCN(c2nc(O)c(C=C3C=Nc4ncccc43)[nH]2)CC1.Cl.Cl. The molecule has 2 aromatic heterocycles. The van der Waals surface area contributed by atoms with E-state index >= 15 is 0 Å². The highest BCUT2D eigenvalue weighted by atomic mass is 35.5. The molecule has 146 valence electrons.